The smallest absolute Gasteiger partial charge is 0.330 e. The molecule has 0 unspecified atom stereocenters. The molecule has 0 fully saturated rings. The van der Waals surface area contributed by atoms with Crippen LogP contribution in [-0.4, -0.2) is 42.6 Å². The van der Waals surface area contributed by atoms with Crippen LogP contribution in [-0.2, 0) is 25.5 Å². The van der Waals surface area contributed by atoms with E-state index in [4.69, 9.17) is 5.11 Å². The minimum atomic E-state index is -1.07. The van der Waals surface area contributed by atoms with Gasteiger partial charge in [0.15, 0.2) is 6.04 Å². The zero-order valence-electron chi connectivity index (χ0n) is 11.9. The number of hydrogen-bond acceptors (Lipinski definition) is 5. The third-order valence-corrected chi connectivity index (χ3v) is 2.64. The lowest BCUT2D eigenvalue weighted by Gasteiger charge is -2.13. The van der Waals surface area contributed by atoms with Crippen LogP contribution in [0, 0.1) is 0 Å². The van der Waals surface area contributed by atoms with Crippen LogP contribution < -0.4 is 10.6 Å². The number of hydrogen-bond donors (Lipinski definition) is 3. The lowest BCUT2D eigenvalue weighted by Crippen LogP contribution is -2.44. The number of amides is 2. The summed E-state index contributed by atoms with van der Waals surface area (Å²) in [6.07, 6.45) is 0.0495. The van der Waals surface area contributed by atoms with Gasteiger partial charge in [-0.3, -0.25) is 9.59 Å². The van der Waals surface area contributed by atoms with Crippen LogP contribution in [0.15, 0.2) is 24.3 Å². The van der Waals surface area contributed by atoms with Crippen molar-refractivity contribution in [1.29, 1.82) is 0 Å². The van der Waals surface area contributed by atoms with Crippen molar-refractivity contribution < 1.29 is 24.2 Å². The maximum Gasteiger partial charge on any atom is 0.330 e. The van der Waals surface area contributed by atoms with E-state index in [9.17, 15) is 14.4 Å². The van der Waals surface area contributed by atoms with Gasteiger partial charge in [0.05, 0.1) is 20.1 Å². The van der Waals surface area contributed by atoms with Gasteiger partial charge in [-0.2, -0.15) is 0 Å². The fraction of sp³-hybridized carbons (Fsp3) is 0.357. The number of carbonyl (C=O) groups is 3. The van der Waals surface area contributed by atoms with Gasteiger partial charge in [-0.1, -0.05) is 12.1 Å². The van der Waals surface area contributed by atoms with Crippen LogP contribution in [0.1, 0.15) is 12.5 Å². The van der Waals surface area contributed by atoms with E-state index in [-0.39, 0.29) is 12.3 Å². The van der Waals surface area contributed by atoms with Crippen LogP contribution in [0.5, 0.6) is 0 Å². The molecule has 0 aliphatic carbocycles. The molecule has 0 spiro atoms. The fourth-order valence-electron chi connectivity index (χ4n) is 1.66. The highest BCUT2D eigenvalue weighted by Gasteiger charge is 2.20. The SMILES string of the molecule is COC(=O)[C@H](CO)NC(=O)Cc1ccc(NC(C)=O)cc1. The lowest BCUT2D eigenvalue weighted by molar-refractivity contribution is -0.146. The highest BCUT2D eigenvalue weighted by molar-refractivity contribution is 5.89. The average Bonchev–Trinajstić information content (AvgIpc) is 2.45. The summed E-state index contributed by atoms with van der Waals surface area (Å²) in [5, 5.41) is 14.0. The van der Waals surface area contributed by atoms with Gasteiger partial charge in [-0.25, -0.2) is 4.79 Å². The molecule has 1 aromatic carbocycles. The Bertz CT molecular complexity index is 513. The summed E-state index contributed by atoms with van der Waals surface area (Å²) >= 11 is 0. The van der Waals surface area contributed by atoms with Gasteiger partial charge in [-0.15, -0.1) is 0 Å². The van der Waals surface area contributed by atoms with E-state index in [0.29, 0.717) is 11.3 Å². The maximum atomic E-state index is 11.8. The normalized spacial score (nSPS) is 11.4. The van der Waals surface area contributed by atoms with Crippen molar-refractivity contribution in [3.05, 3.63) is 29.8 Å². The monoisotopic (exact) mass is 294 g/mol. The Morgan fingerprint density at radius 3 is 2.33 bits per heavy atom. The Kier molecular flexibility index (Phi) is 6.35. The van der Waals surface area contributed by atoms with Gasteiger partial charge in [0.25, 0.3) is 0 Å². The second-order valence-corrected chi connectivity index (χ2v) is 4.38. The number of nitrogens with one attached hydrogen (secondary N) is 2. The quantitative estimate of drug-likeness (QED) is 0.632. The van der Waals surface area contributed by atoms with Crippen molar-refractivity contribution in [3.8, 4) is 0 Å². The van der Waals surface area contributed by atoms with Gasteiger partial charge in [0.2, 0.25) is 11.8 Å². The van der Waals surface area contributed by atoms with Crippen LogP contribution in [0.4, 0.5) is 5.69 Å². The van der Waals surface area contributed by atoms with E-state index in [2.05, 4.69) is 15.4 Å². The van der Waals surface area contributed by atoms with E-state index in [0.717, 1.165) is 0 Å². The van der Waals surface area contributed by atoms with Crippen molar-refractivity contribution in [1.82, 2.24) is 5.32 Å². The third kappa shape index (κ3) is 5.62. The predicted octanol–water partition coefficient (Wildman–Crippen LogP) is -0.162. The number of benzene rings is 1. The molecule has 3 N–H and O–H groups in total. The number of rotatable bonds is 6. The molecule has 0 saturated carbocycles. The largest absolute Gasteiger partial charge is 0.467 e. The van der Waals surface area contributed by atoms with E-state index >= 15 is 0 Å². The van der Waals surface area contributed by atoms with Gasteiger partial charge in [0, 0.05) is 12.6 Å². The van der Waals surface area contributed by atoms with Crippen molar-refractivity contribution in [2.75, 3.05) is 19.0 Å². The molecular formula is C14H18N2O5. The van der Waals surface area contributed by atoms with Gasteiger partial charge in [-0.05, 0) is 17.7 Å². The summed E-state index contributed by atoms with van der Waals surface area (Å²) in [5.41, 5.74) is 1.35. The number of methoxy groups -OCH3 is 1. The molecule has 0 aliphatic heterocycles. The summed E-state index contributed by atoms with van der Waals surface area (Å²) < 4.78 is 4.45. The lowest BCUT2D eigenvalue weighted by atomic mass is 10.1. The molecule has 1 aromatic rings. The Balaban J connectivity index is 2.58. The Morgan fingerprint density at radius 2 is 1.86 bits per heavy atom. The number of ether oxygens (including phenoxy) is 1. The average molecular weight is 294 g/mol. The Morgan fingerprint density at radius 1 is 1.24 bits per heavy atom. The number of aliphatic hydroxyl groups excluding tert-OH is 1. The zero-order valence-corrected chi connectivity index (χ0v) is 11.9. The van der Waals surface area contributed by atoms with E-state index in [1.165, 1.54) is 14.0 Å². The first-order valence-corrected chi connectivity index (χ1v) is 6.31. The molecule has 21 heavy (non-hydrogen) atoms. The van der Waals surface area contributed by atoms with Gasteiger partial charge < -0.3 is 20.5 Å². The Labute approximate surface area is 122 Å². The highest BCUT2D eigenvalue weighted by Crippen LogP contribution is 2.10. The number of carbonyl (C=O) groups excluding carboxylic acids is 3. The maximum absolute atomic E-state index is 11.8. The van der Waals surface area contributed by atoms with Crippen LogP contribution in [0.25, 0.3) is 0 Å². The summed E-state index contributed by atoms with van der Waals surface area (Å²) in [6, 6.07) is 5.66. The first kappa shape index (κ1) is 16.6. The minimum Gasteiger partial charge on any atom is -0.467 e. The first-order chi connectivity index (χ1) is 9.96. The summed E-state index contributed by atoms with van der Waals surface area (Å²) in [4.78, 5) is 33.9. The van der Waals surface area contributed by atoms with E-state index in [1.54, 1.807) is 24.3 Å². The van der Waals surface area contributed by atoms with Crippen molar-refractivity contribution in [2.24, 2.45) is 0 Å². The van der Waals surface area contributed by atoms with Crippen molar-refractivity contribution in [2.45, 2.75) is 19.4 Å². The van der Waals surface area contributed by atoms with Gasteiger partial charge in [0.1, 0.15) is 0 Å². The number of esters is 1. The molecule has 7 nitrogen and oxygen atoms in total. The molecule has 114 valence electrons. The van der Waals surface area contributed by atoms with Crippen LogP contribution in [0.2, 0.25) is 0 Å². The molecule has 0 radical (unpaired) electrons. The molecular weight excluding hydrogens is 276 g/mol. The molecule has 2 amide bonds. The summed E-state index contributed by atoms with van der Waals surface area (Å²) in [7, 11) is 1.18. The predicted molar refractivity (Wildman–Crippen MR) is 75.5 cm³/mol. The molecule has 0 aliphatic rings. The minimum absolute atomic E-state index is 0.0495. The first-order valence-electron chi connectivity index (χ1n) is 6.31. The zero-order chi connectivity index (χ0) is 15.8. The fourth-order valence-corrected chi connectivity index (χ4v) is 1.66. The molecule has 0 heterocycles. The molecule has 0 bridgehead atoms. The van der Waals surface area contributed by atoms with E-state index in [1.807, 2.05) is 0 Å². The summed E-state index contributed by atoms with van der Waals surface area (Å²) in [5.74, 6) is -1.29. The third-order valence-electron chi connectivity index (χ3n) is 2.64. The second-order valence-electron chi connectivity index (χ2n) is 4.38. The topological polar surface area (TPSA) is 105 Å². The number of anilines is 1. The molecule has 1 atom stereocenters. The molecule has 0 aromatic heterocycles. The second kappa shape index (κ2) is 8.01. The van der Waals surface area contributed by atoms with Crippen LogP contribution >= 0.6 is 0 Å². The summed E-state index contributed by atoms with van der Waals surface area (Å²) in [6.45, 7) is 0.878. The van der Waals surface area contributed by atoms with Crippen LogP contribution in [0.3, 0.4) is 0 Å². The van der Waals surface area contributed by atoms with Crippen molar-refractivity contribution in [3.63, 3.8) is 0 Å². The molecule has 1 rings (SSSR count). The molecule has 7 heteroatoms. The number of aliphatic hydroxyl groups is 1. The van der Waals surface area contributed by atoms with Gasteiger partial charge >= 0.3 is 5.97 Å². The van der Waals surface area contributed by atoms with E-state index < -0.39 is 24.5 Å². The molecule has 0 saturated heterocycles. The standard InChI is InChI=1S/C14H18N2O5/c1-9(18)15-11-5-3-10(4-6-11)7-13(19)16-12(8-17)14(20)21-2/h3-6,12,17H,7-8H2,1-2H3,(H,15,18)(H,16,19)/t12-/m0/s1. The Hall–Kier alpha value is -2.41. The van der Waals surface area contributed by atoms with Crippen molar-refractivity contribution >= 4 is 23.5 Å². The highest BCUT2D eigenvalue weighted by atomic mass is 16.5.